The van der Waals surface area contributed by atoms with Gasteiger partial charge in [-0.3, -0.25) is 14.4 Å². The second-order valence-electron chi connectivity index (χ2n) is 14.4. The summed E-state index contributed by atoms with van der Waals surface area (Å²) in [5.41, 5.74) is 4.80. The first-order chi connectivity index (χ1) is 27.7. The number of aryl methyl sites for hydroxylation is 1. The summed E-state index contributed by atoms with van der Waals surface area (Å²) in [5, 5.41) is 11.1. The largest absolute Gasteiger partial charge is 0.382 e. The van der Waals surface area contributed by atoms with Crippen LogP contribution >= 0.6 is 0 Å². The van der Waals surface area contributed by atoms with E-state index in [0.29, 0.717) is 111 Å². The van der Waals surface area contributed by atoms with Gasteiger partial charge in [-0.2, -0.15) is 4.57 Å². The van der Waals surface area contributed by atoms with E-state index in [9.17, 15) is 14.4 Å². The number of fused-ring (bicyclic) bond motifs is 2. The fraction of sp³-hybridized carbons (Fsp3) is 0.628. The number of hydrogen-bond acceptors (Lipinski definition) is 10. The molecule has 14 heteroatoms. The number of methoxy groups -OCH3 is 1. The number of pyridine rings is 1. The molecule has 1 heterocycles. The molecule has 0 saturated heterocycles. The van der Waals surface area contributed by atoms with E-state index in [1.807, 2.05) is 0 Å². The van der Waals surface area contributed by atoms with Gasteiger partial charge in [0.2, 0.25) is 28.8 Å². The number of benzene rings is 2. The van der Waals surface area contributed by atoms with E-state index in [2.05, 4.69) is 101 Å². The average Bonchev–Trinajstić information content (AvgIpc) is 3.19. The summed E-state index contributed by atoms with van der Waals surface area (Å²) < 4.78 is 29.4. The number of carbonyl (C=O) groups excluding carboxylic acids is 3. The Balaban J connectivity index is 1.13. The van der Waals surface area contributed by atoms with Crippen LogP contribution in [0, 0.1) is 0 Å². The Kier molecular flexibility index (Phi) is 23.5. The van der Waals surface area contributed by atoms with Crippen molar-refractivity contribution in [2.45, 2.75) is 64.3 Å². The van der Waals surface area contributed by atoms with Crippen LogP contribution in [0.3, 0.4) is 0 Å². The summed E-state index contributed by atoms with van der Waals surface area (Å²) in [6.07, 6.45) is 5.92. The smallest absolute Gasteiger partial charge is 0.220 e. The SMILES string of the molecule is COCCOCCNC(=O)CCCC(=O)NCCCOCCOCCOCCCNC(=O)CCCCC[n+]1c2cc(N(C)C)ccc2cc2ccc(N(C)C)cc21. The topological polar surface area (TPSA) is 144 Å². The monoisotopic (exact) mass is 798 g/mol. The predicted octanol–water partition coefficient (Wildman–Crippen LogP) is 3.98. The minimum absolute atomic E-state index is 0.0674. The van der Waals surface area contributed by atoms with Crippen molar-refractivity contribution in [3.8, 4) is 0 Å². The zero-order chi connectivity index (χ0) is 41.1. The zero-order valence-electron chi connectivity index (χ0n) is 35.2. The maximum atomic E-state index is 12.5. The molecular weight excluding hydrogens is 729 g/mol. The Hall–Kier alpha value is -4.08. The fourth-order valence-corrected chi connectivity index (χ4v) is 6.13. The van der Waals surface area contributed by atoms with E-state index < -0.39 is 0 Å². The third kappa shape index (κ3) is 19.3. The van der Waals surface area contributed by atoms with Crippen LogP contribution in [0.15, 0.2) is 42.5 Å². The van der Waals surface area contributed by atoms with Crippen LogP contribution in [-0.4, -0.2) is 132 Å². The van der Waals surface area contributed by atoms with Crippen molar-refractivity contribution in [3.05, 3.63) is 42.5 Å². The Bertz CT molecular complexity index is 1560. The van der Waals surface area contributed by atoms with Crippen molar-refractivity contribution in [1.82, 2.24) is 16.0 Å². The van der Waals surface area contributed by atoms with Crippen LogP contribution in [0.5, 0.6) is 0 Å². The highest BCUT2D eigenvalue weighted by atomic mass is 16.5. The van der Waals surface area contributed by atoms with Crippen LogP contribution in [0.25, 0.3) is 21.8 Å². The second kappa shape index (κ2) is 28.3. The molecule has 0 aliphatic carbocycles. The minimum Gasteiger partial charge on any atom is -0.382 e. The molecule has 0 saturated carbocycles. The molecule has 1 aromatic heterocycles. The molecule has 14 nitrogen and oxygen atoms in total. The van der Waals surface area contributed by atoms with Crippen molar-refractivity contribution in [2.75, 3.05) is 124 Å². The summed E-state index contributed by atoms with van der Waals surface area (Å²) in [5.74, 6) is -0.0646. The standard InChI is InChI=1S/C43H68N6O8/c1-47(2)37-17-15-35-32-36-16-18-38(48(3)4)34-40(36)49(39(35)33-37)22-8-6-7-12-41(50)44-19-10-23-54-28-30-57-31-29-55-24-11-20-45-42(51)13-9-14-43(52)46-21-25-56-27-26-53-5/h15-18,32-34H,6-14,19-31H2,1-5H3,(H2-,44,45,46,50,51,52)/p+1. The van der Waals surface area contributed by atoms with Crippen molar-refractivity contribution in [2.24, 2.45) is 0 Å². The molecule has 3 rings (SSSR count). The molecule has 318 valence electrons. The molecule has 3 N–H and O–H groups in total. The average molecular weight is 798 g/mol. The highest BCUT2D eigenvalue weighted by Gasteiger charge is 2.18. The molecule has 3 aromatic rings. The van der Waals surface area contributed by atoms with E-state index in [-0.39, 0.29) is 17.7 Å². The molecule has 0 bridgehead atoms. The van der Waals surface area contributed by atoms with Crippen molar-refractivity contribution in [1.29, 1.82) is 0 Å². The van der Waals surface area contributed by atoms with Gasteiger partial charge in [0.1, 0.15) is 6.54 Å². The minimum atomic E-state index is -0.0841. The van der Waals surface area contributed by atoms with E-state index in [1.165, 1.54) is 33.2 Å². The lowest BCUT2D eigenvalue weighted by Gasteiger charge is -2.15. The molecule has 0 atom stereocenters. The molecule has 0 unspecified atom stereocenters. The molecule has 0 aliphatic heterocycles. The highest BCUT2D eigenvalue weighted by Crippen LogP contribution is 2.25. The Labute approximate surface area is 339 Å². The van der Waals surface area contributed by atoms with Crippen molar-refractivity contribution >= 4 is 50.9 Å². The first kappa shape index (κ1) is 47.3. The number of nitrogens with zero attached hydrogens (tertiary/aromatic N) is 3. The third-order valence-electron chi connectivity index (χ3n) is 9.37. The quantitative estimate of drug-likeness (QED) is 0.0483. The van der Waals surface area contributed by atoms with Gasteiger partial charge in [0.05, 0.1) is 46.2 Å². The van der Waals surface area contributed by atoms with Crippen LogP contribution in [0.1, 0.15) is 57.8 Å². The van der Waals surface area contributed by atoms with Gasteiger partial charge < -0.3 is 49.4 Å². The lowest BCUT2D eigenvalue weighted by Crippen LogP contribution is -2.36. The maximum absolute atomic E-state index is 12.5. The van der Waals surface area contributed by atoms with Gasteiger partial charge in [-0.15, -0.1) is 0 Å². The number of hydrogen-bond donors (Lipinski definition) is 3. The normalized spacial score (nSPS) is 11.2. The third-order valence-corrected chi connectivity index (χ3v) is 9.37. The maximum Gasteiger partial charge on any atom is 0.220 e. The number of carbonyl (C=O) groups is 3. The van der Waals surface area contributed by atoms with E-state index in [0.717, 1.165) is 32.2 Å². The van der Waals surface area contributed by atoms with E-state index >= 15 is 0 Å². The summed E-state index contributed by atoms with van der Waals surface area (Å²) in [6.45, 7) is 6.92. The first-order valence-electron chi connectivity index (χ1n) is 20.5. The lowest BCUT2D eigenvalue weighted by molar-refractivity contribution is -0.645. The number of rotatable bonds is 32. The molecule has 0 spiro atoms. The summed E-state index contributed by atoms with van der Waals surface area (Å²) in [4.78, 5) is 40.5. The van der Waals surface area contributed by atoms with Gasteiger partial charge in [-0.1, -0.05) is 0 Å². The van der Waals surface area contributed by atoms with Gasteiger partial charge in [0.25, 0.3) is 0 Å². The van der Waals surface area contributed by atoms with Gasteiger partial charge in [-0.05, 0) is 62.4 Å². The van der Waals surface area contributed by atoms with Gasteiger partial charge in [-0.25, -0.2) is 0 Å². The number of aromatic nitrogens is 1. The Morgan fingerprint density at radius 2 is 0.965 bits per heavy atom. The molecule has 0 fully saturated rings. The predicted molar refractivity (Wildman–Crippen MR) is 226 cm³/mol. The second-order valence-corrected chi connectivity index (χ2v) is 14.4. The first-order valence-corrected chi connectivity index (χ1v) is 20.5. The van der Waals surface area contributed by atoms with Crippen LogP contribution < -0.4 is 30.3 Å². The molecule has 57 heavy (non-hydrogen) atoms. The van der Waals surface area contributed by atoms with Crippen LogP contribution in [0.4, 0.5) is 11.4 Å². The van der Waals surface area contributed by atoms with Crippen LogP contribution in [-0.2, 0) is 44.6 Å². The number of unbranched alkanes of at least 4 members (excludes halogenated alkanes) is 2. The van der Waals surface area contributed by atoms with Gasteiger partial charge in [0, 0.05) is 128 Å². The number of ether oxygens (including phenoxy) is 5. The molecule has 0 aliphatic rings. The summed E-state index contributed by atoms with van der Waals surface area (Å²) >= 11 is 0. The Morgan fingerprint density at radius 3 is 1.47 bits per heavy atom. The summed E-state index contributed by atoms with van der Waals surface area (Å²) in [6, 6.07) is 15.6. The van der Waals surface area contributed by atoms with Crippen molar-refractivity contribution < 1.29 is 42.6 Å². The number of amides is 3. The van der Waals surface area contributed by atoms with E-state index in [1.54, 1.807) is 7.11 Å². The molecule has 0 radical (unpaired) electrons. The van der Waals surface area contributed by atoms with Crippen molar-refractivity contribution in [3.63, 3.8) is 0 Å². The highest BCUT2D eigenvalue weighted by molar-refractivity contribution is 5.91. The molecular formula is C43H69N6O8+. The number of anilines is 2. The fourth-order valence-electron chi connectivity index (χ4n) is 6.13. The zero-order valence-corrected chi connectivity index (χ0v) is 35.2. The lowest BCUT2D eigenvalue weighted by atomic mass is 10.1. The Morgan fingerprint density at radius 1 is 0.509 bits per heavy atom. The van der Waals surface area contributed by atoms with Crippen LogP contribution in [0.2, 0.25) is 0 Å². The number of nitrogens with one attached hydrogen (secondary N) is 3. The molecule has 2 aromatic carbocycles. The van der Waals surface area contributed by atoms with Gasteiger partial charge >= 0.3 is 0 Å². The van der Waals surface area contributed by atoms with E-state index in [4.69, 9.17) is 23.7 Å². The van der Waals surface area contributed by atoms with Gasteiger partial charge in [0.15, 0.2) is 0 Å². The summed E-state index contributed by atoms with van der Waals surface area (Å²) in [7, 11) is 9.89. The molecule has 3 amide bonds.